The van der Waals surface area contributed by atoms with Gasteiger partial charge in [0.2, 0.25) is 5.91 Å². The Kier molecular flexibility index (Phi) is 7.20. The van der Waals surface area contributed by atoms with Crippen LogP contribution in [0.1, 0.15) is 62.5 Å². The molecule has 0 bridgehead atoms. The summed E-state index contributed by atoms with van der Waals surface area (Å²) >= 11 is 0. The highest BCUT2D eigenvalue weighted by Crippen LogP contribution is 2.44. The molecular formula is C27H32N2O5. The highest BCUT2D eigenvalue weighted by atomic mass is 16.5. The van der Waals surface area contributed by atoms with Crippen molar-refractivity contribution in [2.45, 2.75) is 57.4 Å². The van der Waals surface area contributed by atoms with E-state index in [0.29, 0.717) is 19.3 Å². The number of aliphatic carboxylic acids is 1. The van der Waals surface area contributed by atoms with E-state index in [1.807, 2.05) is 31.2 Å². The minimum atomic E-state index is -0.881. The van der Waals surface area contributed by atoms with Crippen LogP contribution in [0.25, 0.3) is 11.1 Å². The second-order valence-electron chi connectivity index (χ2n) is 9.32. The molecule has 1 saturated carbocycles. The number of carbonyl (C=O) groups is 3. The molecule has 0 spiro atoms. The van der Waals surface area contributed by atoms with Crippen LogP contribution in [0.3, 0.4) is 0 Å². The number of unbranched alkanes of at least 4 members (excludes halogenated alkanes) is 1. The van der Waals surface area contributed by atoms with Gasteiger partial charge in [-0.15, -0.1) is 0 Å². The van der Waals surface area contributed by atoms with Crippen LogP contribution < -0.4 is 10.6 Å². The van der Waals surface area contributed by atoms with Crippen molar-refractivity contribution in [2.24, 2.45) is 5.41 Å². The summed E-state index contributed by atoms with van der Waals surface area (Å²) in [6, 6.07) is 15.5. The van der Waals surface area contributed by atoms with Crippen LogP contribution in [0.15, 0.2) is 48.5 Å². The lowest BCUT2D eigenvalue weighted by molar-refractivity contribution is -0.154. The molecule has 0 heterocycles. The van der Waals surface area contributed by atoms with Crippen molar-refractivity contribution in [2.75, 3.05) is 13.2 Å². The molecule has 0 saturated heterocycles. The predicted molar refractivity (Wildman–Crippen MR) is 128 cm³/mol. The molecule has 1 fully saturated rings. The number of nitrogens with one attached hydrogen (secondary N) is 2. The maximum absolute atomic E-state index is 12.8. The first-order chi connectivity index (χ1) is 16.4. The van der Waals surface area contributed by atoms with Crippen molar-refractivity contribution in [1.82, 2.24) is 10.6 Å². The molecule has 3 N–H and O–H groups in total. The number of carboxylic acid groups (broad SMARTS) is 1. The molecule has 0 aliphatic heterocycles. The SMILES string of the molecule is CCCC[C@H](NC(=O)OCC1c2ccccc2-c2ccccc21)C(=O)NCC1(C(=O)O)CCC1. The third kappa shape index (κ3) is 4.79. The Morgan fingerprint density at radius 3 is 2.21 bits per heavy atom. The molecule has 0 unspecified atom stereocenters. The van der Waals surface area contributed by atoms with Crippen LogP contribution in [0, 0.1) is 5.41 Å². The number of carboxylic acids is 1. The van der Waals surface area contributed by atoms with E-state index in [2.05, 4.69) is 34.9 Å². The lowest BCUT2D eigenvalue weighted by Crippen LogP contribution is -2.52. The minimum absolute atomic E-state index is 0.0601. The molecule has 4 rings (SSSR count). The van der Waals surface area contributed by atoms with Crippen LogP contribution in [0.5, 0.6) is 0 Å². The second-order valence-corrected chi connectivity index (χ2v) is 9.32. The number of alkyl carbamates (subject to hydrolysis) is 1. The van der Waals surface area contributed by atoms with E-state index in [0.717, 1.165) is 41.5 Å². The number of rotatable bonds is 10. The fourth-order valence-electron chi connectivity index (χ4n) is 4.91. The number of benzene rings is 2. The van der Waals surface area contributed by atoms with Gasteiger partial charge in [0.1, 0.15) is 12.6 Å². The maximum atomic E-state index is 12.8. The van der Waals surface area contributed by atoms with Gasteiger partial charge in [0.15, 0.2) is 0 Å². The van der Waals surface area contributed by atoms with Gasteiger partial charge in [-0.3, -0.25) is 9.59 Å². The molecule has 7 heteroatoms. The summed E-state index contributed by atoms with van der Waals surface area (Å²) in [4.78, 5) is 37.1. The molecule has 2 aliphatic rings. The topological polar surface area (TPSA) is 105 Å². The van der Waals surface area contributed by atoms with Crippen molar-refractivity contribution in [1.29, 1.82) is 0 Å². The van der Waals surface area contributed by atoms with Crippen LogP contribution in [0.2, 0.25) is 0 Å². The van der Waals surface area contributed by atoms with Crippen molar-refractivity contribution >= 4 is 18.0 Å². The fourth-order valence-corrected chi connectivity index (χ4v) is 4.91. The Hall–Kier alpha value is -3.35. The highest BCUT2D eigenvalue weighted by Gasteiger charge is 2.44. The zero-order valence-corrected chi connectivity index (χ0v) is 19.5. The number of hydrogen-bond donors (Lipinski definition) is 3. The smallest absolute Gasteiger partial charge is 0.407 e. The standard InChI is InChI=1S/C27H32N2O5/c1-2-3-13-23(24(30)28-17-27(25(31)32)14-8-15-27)29-26(33)34-16-22-20-11-6-4-9-18(20)19-10-5-7-12-21(19)22/h4-7,9-12,22-23H,2-3,8,13-17H2,1H3,(H,28,30)(H,29,33)(H,31,32)/t23-/m0/s1. The van der Waals surface area contributed by atoms with Gasteiger partial charge in [0, 0.05) is 12.5 Å². The van der Waals surface area contributed by atoms with E-state index >= 15 is 0 Å². The number of fused-ring (bicyclic) bond motifs is 3. The van der Waals surface area contributed by atoms with Crippen molar-refractivity contribution in [3.05, 3.63) is 59.7 Å². The lowest BCUT2D eigenvalue weighted by atomic mass is 9.69. The summed E-state index contributed by atoms with van der Waals surface area (Å²) in [6.45, 7) is 2.26. The second kappa shape index (κ2) is 10.3. The summed E-state index contributed by atoms with van der Waals surface area (Å²) in [5, 5.41) is 15.0. The third-order valence-corrected chi connectivity index (χ3v) is 7.16. The molecule has 0 radical (unpaired) electrons. The van der Waals surface area contributed by atoms with E-state index < -0.39 is 23.5 Å². The maximum Gasteiger partial charge on any atom is 0.407 e. The predicted octanol–water partition coefficient (Wildman–Crippen LogP) is 4.46. The largest absolute Gasteiger partial charge is 0.481 e. The monoisotopic (exact) mass is 464 g/mol. The van der Waals surface area contributed by atoms with Gasteiger partial charge in [-0.1, -0.05) is 74.7 Å². The van der Waals surface area contributed by atoms with Crippen LogP contribution >= 0.6 is 0 Å². The van der Waals surface area contributed by atoms with E-state index in [-0.39, 0.29) is 25.0 Å². The van der Waals surface area contributed by atoms with E-state index in [9.17, 15) is 19.5 Å². The number of carbonyl (C=O) groups excluding carboxylic acids is 2. The molecule has 2 amide bonds. The molecule has 2 aromatic carbocycles. The summed E-state index contributed by atoms with van der Waals surface area (Å²) in [6.07, 6.45) is 3.41. The van der Waals surface area contributed by atoms with Crippen molar-refractivity contribution < 1.29 is 24.2 Å². The van der Waals surface area contributed by atoms with Gasteiger partial charge in [-0.25, -0.2) is 4.79 Å². The van der Waals surface area contributed by atoms with Crippen molar-refractivity contribution in [3.8, 4) is 11.1 Å². The molecule has 180 valence electrons. The zero-order valence-electron chi connectivity index (χ0n) is 19.5. The molecular weight excluding hydrogens is 432 g/mol. The number of hydrogen-bond acceptors (Lipinski definition) is 4. The Morgan fingerprint density at radius 2 is 1.68 bits per heavy atom. The number of ether oxygens (including phenoxy) is 1. The van der Waals surface area contributed by atoms with Crippen LogP contribution in [0.4, 0.5) is 4.79 Å². The Morgan fingerprint density at radius 1 is 1.06 bits per heavy atom. The quantitative estimate of drug-likeness (QED) is 0.482. The van der Waals surface area contributed by atoms with Gasteiger partial charge in [0.25, 0.3) is 0 Å². The molecule has 1 atom stereocenters. The minimum Gasteiger partial charge on any atom is -0.481 e. The number of amides is 2. The third-order valence-electron chi connectivity index (χ3n) is 7.16. The van der Waals surface area contributed by atoms with Gasteiger partial charge >= 0.3 is 12.1 Å². The first-order valence-electron chi connectivity index (χ1n) is 12.1. The Balaban J connectivity index is 1.37. The average Bonchev–Trinajstić information content (AvgIpc) is 3.13. The summed E-state index contributed by atoms with van der Waals surface area (Å²) in [5.74, 6) is -1.31. The molecule has 2 aliphatic carbocycles. The van der Waals surface area contributed by atoms with E-state index in [4.69, 9.17) is 4.74 Å². The fraction of sp³-hybridized carbons (Fsp3) is 0.444. The van der Waals surface area contributed by atoms with Gasteiger partial charge < -0.3 is 20.5 Å². The molecule has 7 nitrogen and oxygen atoms in total. The first kappa shape index (κ1) is 23.8. The van der Waals surface area contributed by atoms with Crippen LogP contribution in [-0.2, 0) is 14.3 Å². The van der Waals surface area contributed by atoms with Gasteiger partial charge in [-0.05, 0) is 41.5 Å². The Bertz CT molecular complexity index is 1020. The normalized spacial score (nSPS) is 16.5. The highest BCUT2D eigenvalue weighted by molar-refractivity contribution is 5.86. The zero-order chi connectivity index (χ0) is 24.1. The summed E-state index contributed by atoms with van der Waals surface area (Å²) < 4.78 is 5.59. The first-order valence-corrected chi connectivity index (χ1v) is 12.1. The molecule has 2 aromatic rings. The average molecular weight is 465 g/mol. The van der Waals surface area contributed by atoms with Gasteiger partial charge in [-0.2, -0.15) is 0 Å². The van der Waals surface area contributed by atoms with Crippen molar-refractivity contribution in [3.63, 3.8) is 0 Å². The summed E-state index contributed by atoms with van der Waals surface area (Å²) in [5.41, 5.74) is 3.66. The van der Waals surface area contributed by atoms with Crippen LogP contribution in [-0.4, -0.2) is 42.3 Å². The molecule has 34 heavy (non-hydrogen) atoms. The Labute approximate surface area is 199 Å². The van der Waals surface area contributed by atoms with E-state index in [1.54, 1.807) is 0 Å². The molecule has 0 aromatic heterocycles. The van der Waals surface area contributed by atoms with E-state index in [1.165, 1.54) is 0 Å². The summed E-state index contributed by atoms with van der Waals surface area (Å²) in [7, 11) is 0. The lowest BCUT2D eigenvalue weighted by Gasteiger charge is -2.37. The van der Waals surface area contributed by atoms with Gasteiger partial charge in [0.05, 0.1) is 5.41 Å².